The zero-order chi connectivity index (χ0) is 45.6. The van der Waals surface area contributed by atoms with Gasteiger partial charge in [-0.25, -0.2) is 28.7 Å². The van der Waals surface area contributed by atoms with Gasteiger partial charge in [0.15, 0.2) is 23.0 Å². The second-order valence-electron chi connectivity index (χ2n) is 18.7. The molecule has 66 heavy (non-hydrogen) atoms. The second kappa shape index (κ2) is 17.7. The molecule has 1 spiro atoms. The van der Waals surface area contributed by atoms with Crippen molar-refractivity contribution in [2.45, 2.75) is 95.4 Å². The first-order valence-electron chi connectivity index (χ1n) is 23.2. The molecule has 0 radical (unpaired) electrons. The number of halogens is 1. The van der Waals surface area contributed by atoms with Gasteiger partial charge in [-0.15, -0.1) is 0 Å². The van der Waals surface area contributed by atoms with Gasteiger partial charge < -0.3 is 25.5 Å². The fraction of sp³-hybridized carbons (Fsp3) is 0.458. The maximum Gasteiger partial charge on any atom is 0.278 e. The van der Waals surface area contributed by atoms with Gasteiger partial charge in [0.2, 0.25) is 17.8 Å². The molecule has 5 aliphatic rings. The quantitative estimate of drug-likeness (QED) is 0.130. The Morgan fingerprint density at radius 2 is 1.61 bits per heavy atom. The highest BCUT2D eigenvalue weighted by Gasteiger charge is 2.40. The Morgan fingerprint density at radius 3 is 2.35 bits per heavy atom. The number of anilines is 4. The number of aliphatic hydroxyl groups is 1. The molecule has 10 rings (SSSR count). The highest BCUT2D eigenvalue weighted by Crippen LogP contribution is 2.46. The Morgan fingerprint density at radius 1 is 0.848 bits per heavy atom. The van der Waals surface area contributed by atoms with E-state index in [0.29, 0.717) is 59.6 Å². The van der Waals surface area contributed by atoms with Gasteiger partial charge in [0.25, 0.3) is 11.5 Å². The zero-order valence-corrected chi connectivity index (χ0v) is 37.1. The van der Waals surface area contributed by atoms with Gasteiger partial charge in [0.05, 0.1) is 24.1 Å². The summed E-state index contributed by atoms with van der Waals surface area (Å²) in [6.45, 7) is 7.59. The highest BCUT2D eigenvalue weighted by molar-refractivity contribution is 6.03. The smallest absolute Gasteiger partial charge is 0.278 e. The van der Waals surface area contributed by atoms with Crippen molar-refractivity contribution in [3.63, 3.8) is 0 Å². The molecule has 17 nitrogen and oxygen atoms in total. The third-order valence-corrected chi connectivity index (χ3v) is 14.5. The number of carbonyl (C=O) groups excluding carboxylic acids is 3. The molecule has 4 N–H and O–H groups in total. The predicted molar refractivity (Wildman–Crippen MR) is 246 cm³/mol. The number of hydrogen-bond acceptors (Lipinski definition) is 13. The van der Waals surface area contributed by atoms with Crippen LogP contribution in [0.1, 0.15) is 87.3 Å². The first-order chi connectivity index (χ1) is 31.9. The van der Waals surface area contributed by atoms with E-state index in [1.165, 1.54) is 37.9 Å². The summed E-state index contributed by atoms with van der Waals surface area (Å²) in [5.41, 5.74) is 2.17. The minimum atomic E-state index is -1.13. The maximum atomic E-state index is 15.2. The summed E-state index contributed by atoms with van der Waals surface area (Å²) in [7, 11) is 0. The van der Waals surface area contributed by atoms with Gasteiger partial charge in [-0.3, -0.25) is 29.4 Å². The van der Waals surface area contributed by atoms with Crippen molar-refractivity contribution in [1.82, 2.24) is 44.8 Å². The number of nitrogens with zero attached hydrogens (tertiary/aromatic N) is 9. The summed E-state index contributed by atoms with van der Waals surface area (Å²) < 4.78 is 18.5. The Bertz CT molecular complexity index is 2740. The number of carbonyl (C=O) groups is 3. The number of hydrogen-bond donors (Lipinski definition) is 4. The number of aromatic nitrogens is 6. The molecular formula is C48H55FN12O5. The second-order valence-corrected chi connectivity index (χ2v) is 18.7. The molecule has 3 amide bonds. The third-order valence-electron chi connectivity index (χ3n) is 14.5. The van der Waals surface area contributed by atoms with E-state index in [1.807, 2.05) is 36.4 Å². The molecule has 1 unspecified atom stereocenters. The first-order valence-corrected chi connectivity index (χ1v) is 23.2. The molecule has 344 valence electrons. The van der Waals surface area contributed by atoms with Crippen molar-refractivity contribution >= 4 is 51.8 Å². The van der Waals surface area contributed by atoms with Gasteiger partial charge in [-0.05, 0) is 107 Å². The Labute approximate surface area is 381 Å². The molecular weight excluding hydrogens is 844 g/mol. The number of nitrogens with one attached hydrogen (secondary N) is 3. The fourth-order valence-electron chi connectivity index (χ4n) is 10.5. The number of rotatable bonds is 7. The third kappa shape index (κ3) is 8.66. The van der Waals surface area contributed by atoms with Crippen LogP contribution in [0.15, 0.2) is 77.9 Å². The van der Waals surface area contributed by atoms with Gasteiger partial charge in [-0.2, -0.15) is 4.98 Å². The van der Waals surface area contributed by atoms with Crippen LogP contribution in [0.25, 0.3) is 16.9 Å². The lowest BCUT2D eigenvalue weighted by atomic mass is 9.66. The summed E-state index contributed by atoms with van der Waals surface area (Å²) in [6.07, 6.45) is 15.2. The number of fused-ring (bicyclic) bond motifs is 6. The van der Waals surface area contributed by atoms with E-state index in [0.717, 1.165) is 63.5 Å². The molecule has 1 saturated carbocycles. The predicted octanol–water partition coefficient (Wildman–Crippen LogP) is 4.70. The number of benzene rings is 1. The standard InChI is InChI=1S/C48H55FN12O5/c1-47(66)16-3-2-4-21-60-45(65)35-30-51-46(56-42(35)61(60)39-7-5-6-38(47)54-39)52-31-8-10-32(11-9-31)58-24-26-59(27-25-58)33-14-17-48(18-15-33)19-22-57(23-20-48)34-28-36(49)41(50-29-34)44(64)53-37-12-13-40(62)55-43(37)63/h2,4-11,28-30,33,37,66H,3,12-27H2,1H3,(H,53,64)(H,51,52,56)(H,55,62,63)/b4-2-/t37?,47-/m1/s1. The van der Waals surface area contributed by atoms with Crippen molar-refractivity contribution in [1.29, 1.82) is 0 Å². The lowest BCUT2D eigenvalue weighted by Crippen LogP contribution is -2.52. The molecule has 2 bridgehead atoms. The summed E-state index contributed by atoms with van der Waals surface area (Å²) in [6, 6.07) is 14.8. The Kier molecular flexibility index (Phi) is 11.6. The van der Waals surface area contributed by atoms with E-state index in [4.69, 9.17) is 9.97 Å². The van der Waals surface area contributed by atoms with Gasteiger partial charge >= 0.3 is 0 Å². The van der Waals surface area contributed by atoms with E-state index in [9.17, 15) is 24.3 Å². The molecule has 1 aromatic carbocycles. The molecule has 5 aromatic rings. The largest absolute Gasteiger partial charge is 0.384 e. The van der Waals surface area contributed by atoms with E-state index in [1.54, 1.807) is 28.6 Å². The average Bonchev–Trinajstić information content (AvgIpc) is 3.59. The number of imide groups is 1. The summed E-state index contributed by atoms with van der Waals surface area (Å²) in [4.78, 5) is 75.3. The SMILES string of the molecule is C[C@@]1(O)CC/C=C\Cn2c(=O)c3cnc(Nc4ccc(N5CCN(C6CCC7(CC6)CCN(c6cnc(C(=O)NC8CCC(=O)NC8=O)c(F)c6)CC7)CC5)cc4)nc3n2-c2cccc1n2. The van der Waals surface area contributed by atoms with Crippen LogP contribution in [-0.4, -0.2) is 108 Å². The van der Waals surface area contributed by atoms with Gasteiger partial charge in [0.1, 0.15) is 17.0 Å². The van der Waals surface area contributed by atoms with Crippen LogP contribution in [0.4, 0.5) is 27.4 Å². The number of pyridine rings is 2. The van der Waals surface area contributed by atoms with Crippen molar-refractivity contribution < 1.29 is 23.9 Å². The minimum Gasteiger partial charge on any atom is -0.384 e. The van der Waals surface area contributed by atoms with Gasteiger partial charge in [0, 0.05) is 75.4 Å². The van der Waals surface area contributed by atoms with E-state index in [2.05, 4.69) is 52.8 Å². The maximum absolute atomic E-state index is 15.2. The average molecular weight is 899 g/mol. The summed E-state index contributed by atoms with van der Waals surface area (Å²) in [5, 5.41) is 19.6. The van der Waals surface area contributed by atoms with Crippen molar-refractivity contribution in [2.75, 3.05) is 54.4 Å². The topological polar surface area (TPSA) is 196 Å². The van der Waals surface area contributed by atoms with E-state index >= 15 is 4.39 Å². The van der Waals surface area contributed by atoms with E-state index in [-0.39, 0.29) is 35.4 Å². The molecule has 18 heteroatoms. The van der Waals surface area contributed by atoms with Crippen LogP contribution < -0.4 is 31.3 Å². The Hall–Kier alpha value is -6.53. The normalized spacial score (nSPS) is 23.2. The first kappa shape index (κ1) is 43.4. The fourth-order valence-corrected chi connectivity index (χ4v) is 10.5. The molecule has 4 aromatic heterocycles. The summed E-state index contributed by atoms with van der Waals surface area (Å²) >= 11 is 0. The van der Waals surface area contributed by atoms with Crippen molar-refractivity contribution in [3.05, 3.63) is 101 Å². The van der Waals surface area contributed by atoms with Crippen LogP contribution >= 0.6 is 0 Å². The van der Waals surface area contributed by atoms with Crippen molar-refractivity contribution in [2.24, 2.45) is 5.41 Å². The number of allylic oxidation sites excluding steroid dienone is 2. The molecule has 4 aliphatic heterocycles. The molecule has 4 fully saturated rings. The summed E-state index contributed by atoms with van der Waals surface area (Å²) in [5.74, 6) is -1.64. The molecule has 2 atom stereocenters. The lowest BCUT2D eigenvalue weighted by molar-refractivity contribution is -0.134. The van der Waals surface area contributed by atoms with Crippen LogP contribution in [0, 0.1) is 11.2 Å². The monoisotopic (exact) mass is 898 g/mol. The Balaban J connectivity index is 0.711. The number of piperazine rings is 1. The highest BCUT2D eigenvalue weighted by atomic mass is 19.1. The van der Waals surface area contributed by atoms with Crippen LogP contribution in [0.5, 0.6) is 0 Å². The van der Waals surface area contributed by atoms with Crippen LogP contribution in [-0.2, 0) is 21.7 Å². The minimum absolute atomic E-state index is 0.111. The number of amides is 3. The van der Waals surface area contributed by atoms with E-state index < -0.39 is 29.3 Å². The molecule has 3 saturated heterocycles. The number of piperidine rings is 2. The van der Waals surface area contributed by atoms with Crippen LogP contribution in [0.2, 0.25) is 0 Å². The lowest BCUT2D eigenvalue weighted by Gasteiger charge is -2.49. The molecule has 8 heterocycles. The van der Waals surface area contributed by atoms with Gasteiger partial charge in [-0.1, -0.05) is 18.2 Å². The van der Waals surface area contributed by atoms with Crippen LogP contribution in [0.3, 0.4) is 0 Å². The zero-order valence-electron chi connectivity index (χ0n) is 37.1. The van der Waals surface area contributed by atoms with Crippen molar-refractivity contribution in [3.8, 4) is 5.82 Å². The molecule has 1 aliphatic carbocycles.